The van der Waals surface area contributed by atoms with Gasteiger partial charge in [-0.1, -0.05) is 219 Å². The molecule has 1 heterocycles. The van der Waals surface area contributed by atoms with Gasteiger partial charge in [-0.05, 0) is 110 Å². The zero-order valence-corrected chi connectivity index (χ0v) is 36.9. The quantitative estimate of drug-likeness (QED) is 0.133. The van der Waals surface area contributed by atoms with E-state index in [1.807, 2.05) is 6.08 Å². The lowest BCUT2D eigenvalue weighted by atomic mass is 9.80. The van der Waals surface area contributed by atoms with Crippen LogP contribution in [0.1, 0.15) is 24.5 Å². The summed E-state index contributed by atoms with van der Waals surface area (Å²) in [6.45, 7) is 2.22. The topological polar surface area (TPSA) is 28.8 Å². The monoisotopic (exact) mass is 844 g/mol. The average Bonchev–Trinajstić information content (AvgIpc) is 3.73. The Morgan fingerprint density at radius 1 is 0.485 bits per heavy atom. The third-order valence-corrected chi connectivity index (χ3v) is 13.0. The summed E-state index contributed by atoms with van der Waals surface area (Å²) in [6, 6.07) is 81.1. The van der Waals surface area contributed by atoms with Gasteiger partial charge in [0, 0.05) is 33.2 Å². The van der Waals surface area contributed by atoms with Crippen molar-refractivity contribution in [3.8, 4) is 61.3 Å². The van der Waals surface area contributed by atoms with E-state index in [-0.39, 0.29) is 0 Å². The lowest BCUT2D eigenvalue weighted by molar-refractivity contribution is 0.734. The van der Waals surface area contributed by atoms with Crippen LogP contribution in [0, 0.1) is 11.3 Å². The Bertz CT molecular complexity index is 3470. The second-order valence-electron chi connectivity index (χ2n) is 17.2. The first kappa shape index (κ1) is 40.4. The van der Waals surface area contributed by atoms with Crippen molar-refractivity contribution in [2.24, 2.45) is 5.92 Å². The highest BCUT2D eigenvalue weighted by Crippen LogP contribution is 2.54. The van der Waals surface area contributed by atoms with Crippen LogP contribution in [0.25, 0.3) is 88.7 Å². The standard InChI is InChI=1S/C64H48N2/c1-44-35-37-46(38-36-44)57(65)43-55(45-21-8-2-9-22-45)53-32-20-31-51(41-53)52-39-40-58-56(42-52)63-61(49-27-14-5-15-28-49)59(47-23-10-3-11-24-47)60(48-25-12-4-13-26-48)62(50-29-16-6-17-30-50)64(63)66(58)54-33-18-7-19-34-54/h2-35,37-44,65H,36H2,1H3/b55-43-,65-57?. The Hall–Kier alpha value is -8.33. The lowest BCUT2D eigenvalue weighted by Crippen LogP contribution is -2.03. The Labute approximate surface area is 387 Å². The number of allylic oxidation sites excluding steroid dienone is 5. The number of aromatic nitrogens is 1. The molecule has 1 atom stereocenters. The number of para-hydroxylation sites is 1. The summed E-state index contributed by atoms with van der Waals surface area (Å²) in [5.41, 5.74) is 19.8. The van der Waals surface area contributed by atoms with Crippen molar-refractivity contribution in [2.75, 3.05) is 0 Å². The smallest absolute Gasteiger partial charge is 0.0632 e. The molecule has 1 aromatic heterocycles. The molecule has 1 aliphatic carbocycles. The van der Waals surface area contributed by atoms with Crippen molar-refractivity contribution in [3.63, 3.8) is 0 Å². The van der Waals surface area contributed by atoms with Gasteiger partial charge in [-0.25, -0.2) is 0 Å². The molecule has 66 heavy (non-hydrogen) atoms. The molecule has 0 fully saturated rings. The maximum Gasteiger partial charge on any atom is 0.0632 e. The predicted octanol–water partition coefficient (Wildman–Crippen LogP) is 17.1. The van der Waals surface area contributed by atoms with E-state index >= 15 is 0 Å². The highest BCUT2D eigenvalue weighted by atomic mass is 15.0. The molecular weight excluding hydrogens is 797 g/mol. The van der Waals surface area contributed by atoms with E-state index in [1.165, 1.54) is 44.1 Å². The largest absolute Gasteiger partial charge is 0.309 e. The number of hydrogen-bond acceptors (Lipinski definition) is 1. The molecule has 0 saturated heterocycles. The van der Waals surface area contributed by atoms with Crippen molar-refractivity contribution in [2.45, 2.75) is 13.3 Å². The molecule has 1 N–H and O–H groups in total. The molecule has 2 nitrogen and oxygen atoms in total. The summed E-state index contributed by atoms with van der Waals surface area (Å²) in [7, 11) is 0. The molecule has 11 rings (SSSR count). The molecule has 0 amide bonds. The molecule has 0 spiro atoms. The molecule has 0 radical (unpaired) electrons. The van der Waals surface area contributed by atoms with Crippen molar-refractivity contribution < 1.29 is 0 Å². The van der Waals surface area contributed by atoms with E-state index in [0.29, 0.717) is 11.6 Å². The molecule has 1 unspecified atom stereocenters. The number of fused-ring (bicyclic) bond motifs is 3. The van der Waals surface area contributed by atoms with Crippen LogP contribution in [0.4, 0.5) is 0 Å². The minimum Gasteiger partial charge on any atom is -0.309 e. The predicted molar refractivity (Wildman–Crippen MR) is 280 cm³/mol. The summed E-state index contributed by atoms with van der Waals surface area (Å²) in [4.78, 5) is 0. The summed E-state index contributed by atoms with van der Waals surface area (Å²) in [6.07, 6.45) is 9.50. The molecule has 0 bridgehead atoms. The van der Waals surface area contributed by atoms with Gasteiger partial charge in [0.1, 0.15) is 0 Å². The SMILES string of the molecule is CC1C=CC(C(=N)/C=C(/c2ccccc2)c2cccc(-c3ccc4c(c3)c3c(-c5ccccc5)c(-c5ccccc5)c(-c5ccccc5)c(-c5ccccc5)c3n4-c3ccccc3)c2)=CC1. The molecule has 1 aliphatic rings. The van der Waals surface area contributed by atoms with Crippen LogP contribution in [0.5, 0.6) is 0 Å². The fourth-order valence-corrected chi connectivity index (χ4v) is 9.84. The number of nitrogens with one attached hydrogen (secondary N) is 1. The summed E-state index contributed by atoms with van der Waals surface area (Å²) >= 11 is 0. The van der Waals surface area contributed by atoms with Gasteiger partial charge in [-0.2, -0.15) is 0 Å². The third kappa shape index (κ3) is 7.53. The molecule has 0 aliphatic heterocycles. The lowest BCUT2D eigenvalue weighted by Gasteiger charge is -2.24. The van der Waals surface area contributed by atoms with Crippen LogP contribution in [0.3, 0.4) is 0 Å². The van der Waals surface area contributed by atoms with Crippen molar-refractivity contribution >= 4 is 33.1 Å². The van der Waals surface area contributed by atoms with Crippen LogP contribution in [-0.4, -0.2) is 10.3 Å². The first-order chi connectivity index (χ1) is 32.6. The summed E-state index contributed by atoms with van der Waals surface area (Å²) in [5.74, 6) is 0.486. The van der Waals surface area contributed by atoms with Gasteiger partial charge in [-0.3, -0.25) is 0 Å². The maximum atomic E-state index is 9.26. The minimum atomic E-state index is 0.486. The van der Waals surface area contributed by atoms with Gasteiger partial charge in [0.2, 0.25) is 0 Å². The van der Waals surface area contributed by atoms with Gasteiger partial charge in [0.25, 0.3) is 0 Å². The first-order valence-corrected chi connectivity index (χ1v) is 22.9. The number of benzene rings is 9. The molecule has 0 saturated carbocycles. The Morgan fingerprint density at radius 2 is 0.970 bits per heavy atom. The Kier molecular flexibility index (Phi) is 10.8. The van der Waals surface area contributed by atoms with E-state index in [4.69, 9.17) is 0 Å². The van der Waals surface area contributed by atoms with Crippen LogP contribution < -0.4 is 0 Å². The van der Waals surface area contributed by atoms with Crippen molar-refractivity contribution in [3.05, 3.63) is 265 Å². The van der Waals surface area contributed by atoms with Crippen LogP contribution in [0.15, 0.2) is 254 Å². The van der Waals surface area contributed by atoms with Gasteiger partial charge in [0.15, 0.2) is 0 Å². The zero-order valence-electron chi connectivity index (χ0n) is 36.9. The highest BCUT2D eigenvalue weighted by molar-refractivity contribution is 6.27. The number of rotatable bonds is 10. The Balaban J connectivity index is 1.25. The van der Waals surface area contributed by atoms with Crippen molar-refractivity contribution in [1.82, 2.24) is 4.57 Å². The summed E-state index contributed by atoms with van der Waals surface area (Å²) < 4.78 is 2.50. The third-order valence-electron chi connectivity index (χ3n) is 13.0. The van der Waals surface area contributed by atoms with E-state index in [1.54, 1.807) is 0 Å². The molecule has 2 heteroatoms. The average molecular weight is 845 g/mol. The van der Waals surface area contributed by atoms with Gasteiger partial charge >= 0.3 is 0 Å². The first-order valence-electron chi connectivity index (χ1n) is 22.9. The normalized spacial score (nSPS) is 13.8. The molecule has 314 valence electrons. The van der Waals surface area contributed by atoms with Crippen LogP contribution in [0.2, 0.25) is 0 Å². The van der Waals surface area contributed by atoms with Crippen LogP contribution in [-0.2, 0) is 0 Å². The maximum absolute atomic E-state index is 9.26. The second-order valence-corrected chi connectivity index (χ2v) is 17.2. The minimum absolute atomic E-state index is 0.486. The van der Waals surface area contributed by atoms with Crippen LogP contribution >= 0.6 is 0 Å². The zero-order chi connectivity index (χ0) is 44.4. The Morgan fingerprint density at radius 3 is 1.55 bits per heavy atom. The fraction of sp³-hybridized carbons (Fsp3) is 0.0469. The van der Waals surface area contributed by atoms with Gasteiger partial charge in [-0.15, -0.1) is 0 Å². The number of hydrogen-bond donors (Lipinski definition) is 1. The highest BCUT2D eigenvalue weighted by Gasteiger charge is 2.29. The van der Waals surface area contributed by atoms with E-state index in [2.05, 4.69) is 254 Å². The van der Waals surface area contributed by atoms with Crippen molar-refractivity contribution in [1.29, 1.82) is 5.41 Å². The number of nitrogens with zero attached hydrogens (tertiary/aromatic N) is 1. The van der Waals surface area contributed by atoms with Gasteiger partial charge < -0.3 is 9.98 Å². The fourth-order valence-electron chi connectivity index (χ4n) is 9.84. The van der Waals surface area contributed by atoms with E-state index < -0.39 is 0 Å². The second kappa shape index (κ2) is 17.7. The van der Waals surface area contributed by atoms with E-state index in [9.17, 15) is 5.41 Å². The molecular formula is C64H48N2. The molecule has 10 aromatic rings. The molecule has 9 aromatic carbocycles. The van der Waals surface area contributed by atoms with E-state index in [0.717, 1.165) is 67.7 Å². The summed E-state index contributed by atoms with van der Waals surface area (Å²) in [5, 5.41) is 11.6. The van der Waals surface area contributed by atoms with Gasteiger partial charge in [0.05, 0.1) is 16.7 Å².